The molecule has 118 valence electrons. The van der Waals surface area contributed by atoms with Crippen LogP contribution in [0.4, 0.5) is 0 Å². The molecule has 1 aromatic carbocycles. The molecule has 4 nitrogen and oxygen atoms in total. The van der Waals surface area contributed by atoms with Crippen LogP contribution in [0.25, 0.3) is 0 Å². The topological polar surface area (TPSA) is 49.4 Å². The Morgan fingerprint density at radius 1 is 1.27 bits per heavy atom. The molecule has 2 aliphatic rings. The van der Waals surface area contributed by atoms with Crippen LogP contribution < -0.4 is 5.32 Å². The molecule has 1 unspecified atom stereocenters. The van der Waals surface area contributed by atoms with Gasteiger partial charge in [0.05, 0.1) is 11.3 Å². The molecule has 3 rings (SSSR count). The highest BCUT2D eigenvalue weighted by Gasteiger charge is 2.53. The number of amides is 2. The summed E-state index contributed by atoms with van der Waals surface area (Å²) in [7, 11) is 1.65. The summed E-state index contributed by atoms with van der Waals surface area (Å²) in [6, 6.07) is 7.59. The molecule has 0 bridgehead atoms. The molecule has 2 amide bonds. The number of nitrogens with zero attached hydrogens (tertiary/aromatic N) is 1. The zero-order chi connectivity index (χ0) is 15.7. The number of carbonyl (C=O) groups excluding carboxylic acids is 2. The molecule has 1 aliphatic carbocycles. The van der Waals surface area contributed by atoms with Crippen molar-refractivity contribution in [2.45, 2.75) is 31.1 Å². The van der Waals surface area contributed by atoms with Gasteiger partial charge in [0.1, 0.15) is 0 Å². The minimum absolute atomic E-state index is 0.0360. The third-order valence-corrected chi connectivity index (χ3v) is 5.13. The van der Waals surface area contributed by atoms with Crippen molar-refractivity contribution in [3.63, 3.8) is 0 Å². The number of piperidine rings is 1. The monoisotopic (exact) mass is 320 g/mol. The second-order valence-electron chi connectivity index (χ2n) is 6.29. The lowest BCUT2D eigenvalue weighted by Crippen LogP contribution is -2.48. The first-order chi connectivity index (χ1) is 10.6. The molecule has 0 aromatic heterocycles. The van der Waals surface area contributed by atoms with Gasteiger partial charge in [0.15, 0.2) is 0 Å². The minimum Gasteiger partial charge on any atom is -0.359 e. The summed E-state index contributed by atoms with van der Waals surface area (Å²) in [5.74, 6) is 0.126. The van der Waals surface area contributed by atoms with E-state index in [2.05, 4.69) is 5.32 Å². The van der Waals surface area contributed by atoms with Crippen LogP contribution in [0.1, 0.15) is 31.2 Å². The molecule has 1 aromatic rings. The van der Waals surface area contributed by atoms with E-state index < -0.39 is 0 Å². The predicted molar refractivity (Wildman–Crippen MR) is 85.7 cm³/mol. The summed E-state index contributed by atoms with van der Waals surface area (Å²) in [5.41, 5.74) is 0.666. The van der Waals surface area contributed by atoms with E-state index in [1.807, 2.05) is 29.2 Å². The summed E-state index contributed by atoms with van der Waals surface area (Å²) in [6.07, 6.45) is 3.52. The quantitative estimate of drug-likeness (QED) is 0.929. The molecule has 1 aliphatic heterocycles. The molecular formula is C17H21ClN2O2. The van der Waals surface area contributed by atoms with Gasteiger partial charge in [-0.1, -0.05) is 23.7 Å². The van der Waals surface area contributed by atoms with Crippen molar-refractivity contribution in [2.24, 2.45) is 5.92 Å². The van der Waals surface area contributed by atoms with E-state index in [0.29, 0.717) is 11.6 Å². The van der Waals surface area contributed by atoms with Gasteiger partial charge in [0.2, 0.25) is 11.8 Å². The molecule has 1 saturated heterocycles. The zero-order valence-corrected chi connectivity index (χ0v) is 13.5. The number of nitrogens with one attached hydrogen (secondary N) is 1. The Labute approximate surface area is 135 Å². The maximum Gasteiger partial charge on any atom is 0.233 e. The summed E-state index contributed by atoms with van der Waals surface area (Å²) < 4.78 is 0. The van der Waals surface area contributed by atoms with E-state index in [1.54, 1.807) is 7.05 Å². The molecule has 22 heavy (non-hydrogen) atoms. The highest BCUT2D eigenvalue weighted by Crippen LogP contribution is 2.50. The fourth-order valence-electron chi connectivity index (χ4n) is 3.40. The van der Waals surface area contributed by atoms with E-state index >= 15 is 0 Å². The van der Waals surface area contributed by atoms with E-state index in [4.69, 9.17) is 11.6 Å². The lowest BCUT2D eigenvalue weighted by molar-refractivity contribution is -0.137. The average Bonchev–Trinajstić information content (AvgIpc) is 3.36. The predicted octanol–water partition coefficient (Wildman–Crippen LogP) is 2.36. The Morgan fingerprint density at radius 2 is 1.95 bits per heavy atom. The molecule has 5 heteroatoms. The number of likely N-dealkylation sites (tertiary alicyclic amines) is 1. The van der Waals surface area contributed by atoms with E-state index in [9.17, 15) is 9.59 Å². The summed E-state index contributed by atoms with van der Waals surface area (Å²) in [6.45, 7) is 1.29. The van der Waals surface area contributed by atoms with Crippen molar-refractivity contribution >= 4 is 23.4 Å². The van der Waals surface area contributed by atoms with Crippen molar-refractivity contribution < 1.29 is 9.59 Å². The van der Waals surface area contributed by atoms with E-state index in [-0.39, 0.29) is 23.1 Å². The van der Waals surface area contributed by atoms with Crippen LogP contribution in [0.15, 0.2) is 24.3 Å². The summed E-state index contributed by atoms with van der Waals surface area (Å²) in [5, 5.41) is 3.38. The third kappa shape index (κ3) is 2.72. The normalized spacial score (nSPS) is 23.0. The third-order valence-electron chi connectivity index (χ3n) is 4.88. The highest BCUT2D eigenvalue weighted by atomic mass is 35.5. The Bertz CT molecular complexity index is 581. The first-order valence-corrected chi connectivity index (χ1v) is 8.21. The average molecular weight is 321 g/mol. The fraction of sp³-hybridized carbons (Fsp3) is 0.529. The van der Waals surface area contributed by atoms with Crippen molar-refractivity contribution in [3.05, 3.63) is 34.9 Å². The van der Waals surface area contributed by atoms with Crippen LogP contribution in [0, 0.1) is 5.92 Å². The maximum absolute atomic E-state index is 13.0. The molecule has 0 radical (unpaired) electrons. The van der Waals surface area contributed by atoms with Gasteiger partial charge in [0.25, 0.3) is 0 Å². The van der Waals surface area contributed by atoms with Gasteiger partial charge in [-0.15, -0.1) is 0 Å². The van der Waals surface area contributed by atoms with Crippen molar-refractivity contribution in [3.8, 4) is 0 Å². The minimum atomic E-state index is -0.380. The lowest BCUT2D eigenvalue weighted by atomic mass is 9.91. The van der Waals surface area contributed by atoms with Crippen molar-refractivity contribution in [1.82, 2.24) is 10.2 Å². The summed E-state index contributed by atoms with van der Waals surface area (Å²) >= 11 is 5.94. The number of hydrogen-bond donors (Lipinski definition) is 1. The van der Waals surface area contributed by atoms with Gasteiger partial charge < -0.3 is 10.2 Å². The van der Waals surface area contributed by atoms with Crippen LogP contribution in [0.2, 0.25) is 5.02 Å². The number of benzene rings is 1. The van der Waals surface area contributed by atoms with Gasteiger partial charge >= 0.3 is 0 Å². The Morgan fingerprint density at radius 3 is 2.55 bits per heavy atom. The summed E-state index contributed by atoms with van der Waals surface area (Å²) in [4.78, 5) is 26.7. The van der Waals surface area contributed by atoms with Crippen LogP contribution in [-0.4, -0.2) is 36.9 Å². The molecule has 1 heterocycles. The molecule has 1 N–H and O–H groups in total. The smallest absolute Gasteiger partial charge is 0.233 e. The fourth-order valence-corrected chi connectivity index (χ4v) is 3.53. The van der Waals surface area contributed by atoms with E-state index in [0.717, 1.165) is 37.8 Å². The SMILES string of the molecule is CNC(=O)C1CCCN(C(=O)C2(c3ccc(Cl)cc3)CC2)C1. The van der Waals surface area contributed by atoms with Gasteiger partial charge in [-0.3, -0.25) is 9.59 Å². The molecule has 1 atom stereocenters. The lowest BCUT2D eigenvalue weighted by Gasteiger charge is -2.34. The molecular weight excluding hydrogens is 300 g/mol. The van der Waals surface area contributed by atoms with Crippen LogP contribution >= 0.6 is 11.6 Å². The number of hydrogen-bond acceptors (Lipinski definition) is 2. The van der Waals surface area contributed by atoms with Gasteiger partial charge in [-0.05, 0) is 43.4 Å². The van der Waals surface area contributed by atoms with Crippen LogP contribution in [0.5, 0.6) is 0 Å². The second-order valence-corrected chi connectivity index (χ2v) is 6.73. The largest absolute Gasteiger partial charge is 0.359 e. The molecule has 1 saturated carbocycles. The standard InChI is InChI=1S/C17H21ClN2O2/c1-19-15(21)12-3-2-10-20(11-12)16(22)17(8-9-17)13-4-6-14(18)7-5-13/h4-7,12H,2-3,8-11H2,1H3,(H,19,21). The highest BCUT2D eigenvalue weighted by molar-refractivity contribution is 6.30. The maximum atomic E-state index is 13.0. The van der Waals surface area contributed by atoms with Crippen LogP contribution in [0.3, 0.4) is 0 Å². The molecule has 0 spiro atoms. The molecule has 2 fully saturated rings. The number of carbonyl (C=O) groups is 2. The number of rotatable bonds is 3. The van der Waals surface area contributed by atoms with E-state index in [1.165, 1.54) is 0 Å². The first kappa shape index (κ1) is 15.3. The van der Waals surface area contributed by atoms with Crippen molar-refractivity contribution in [2.75, 3.05) is 20.1 Å². The number of halogens is 1. The Hall–Kier alpha value is -1.55. The zero-order valence-electron chi connectivity index (χ0n) is 12.8. The van der Waals surface area contributed by atoms with Crippen LogP contribution in [-0.2, 0) is 15.0 Å². The second kappa shape index (κ2) is 5.92. The van der Waals surface area contributed by atoms with Gasteiger partial charge in [-0.25, -0.2) is 0 Å². The van der Waals surface area contributed by atoms with Crippen molar-refractivity contribution in [1.29, 1.82) is 0 Å². The Kier molecular flexibility index (Phi) is 4.13. The Balaban J connectivity index is 1.75. The van der Waals surface area contributed by atoms with Gasteiger partial charge in [-0.2, -0.15) is 0 Å². The van der Waals surface area contributed by atoms with Gasteiger partial charge in [0, 0.05) is 25.2 Å². The first-order valence-electron chi connectivity index (χ1n) is 7.84.